The van der Waals surface area contributed by atoms with E-state index in [2.05, 4.69) is 0 Å². The molecule has 0 atom stereocenters. The zero-order valence-electron chi connectivity index (χ0n) is 8.54. The number of hydrogen-bond donors (Lipinski definition) is 1. The molecule has 1 heterocycles. The third-order valence-corrected chi connectivity index (χ3v) is 2.26. The van der Waals surface area contributed by atoms with Gasteiger partial charge in [0.25, 0.3) is 0 Å². The van der Waals surface area contributed by atoms with Crippen LogP contribution in [-0.2, 0) is 6.42 Å². The van der Waals surface area contributed by atoms with E-state index in [-0.39, 0.29) is 11.3 Å². The van der Waals surface area contributed by atoms with Crippen molar-refractivity contribution in [2.75, 3.05) is 6.54 Å². The summed E-state index contributed by atoms with van der Waals surface area (Å²) in [6.07, 6.45) is 0.552. The molecule has 0 radical (unpaired) electrons. The van der Waals surface area contributed by atoms with Crippen LogP contribution in [0.2, 0.25) is 0 Å². The Labute approximate surface area is 91.7 Å². The van der Waals surface area contributed by atoms with Crippen LogP contribution in [0.4, 0.5) is 8.78 Å². The second kappa shape index (κ2) is 4.45. The summed E-state index contributed by atoms with van der Waals surface area (Å²) in [5, 5.41) is 0. The largest absolute Gasteiger partial charge is 0.461 e. The molecule has 2 nitrogen and oxygen atoms in total. The molecular weight excluding hydrogens is 212 g/mol. The monoisotopic (exact) mass is 223 g/mol. The van der Waals surface area contributed by atoms with Crippen LogP contribution in [0.25, 0.3) is 11.3 Å². The third-order valence-electron chi connectivity index (χ3n) is 2.26. The fraction of sp³-hybridized carbons (Fsp3) is 0.167. The van der Waals surface area contributed by atoms with E-state index in [1.165, 1.54) is 18.2 Å². The van der Waals surface area contributed by atoms with Crippen molar-refractivity contribution in [3.05, 3.63) is 47.7 Å². The second-order valence-electron chi connectivity index (χ2n) is 3.40. The first-order valence-electron chi connectivity index (χ1n) is 4.95. The lowest BCUT2D eigenvalue weighted by molar-refractivity contribution is 0.510. The molecule has 0 saturated carbocycles. The van der Waals surface area contributed by atoms with E-state index in [4.69, 9.17) is 10.2 Å². The van der Waals surface area contributed by atoms with E-state index in [1.54, 1.807) is 12.1 Å². The van der Waals surface area contributed by atoms with Gasteiger partial charge in [0.05, 0.1) is 5.56 Å². The molecule has 1 aromatic heterocycles. The number of furan rings is 1. The molecule has 2 aromatic rings. The van der Waals surface area contributed by atoms with Crippen molar-refractivity contribution in [3.63, 3.8) is 0 Å². The fourth-order valence-corrected chi connectivity index (χ4v) is 1.52. The van der Waals surface area contributed by atoms with Gasteiger partial charge in [0, 0.05) is 6.42 Å². The molecule has 2 rings (SSSR count). The Balaban J connectivity index is 2.42. The van der Waals surface area contributed by atoms with Gasteiger partial charge >= 0.3 is 0 Å². The molecule has 4 heteroatoms. The summed E-state index contributed by atoms with van der Waals surface area (Å²) in [4.78, 5) is 0. The van der Waals surface area contributed by atoms with E-state index >= 15 is 0 Å². The normalized spacial score (nSPS) is 10.7. The quantitative estimate of drug-likeness (QED) is 0.868. The van der Waals surface area contributed by atoms with Crippen molar-refractivity contribution in [1.29, 1.82) is 0 Å². The average Bonchev–Trinajstić information content (AvgIpc) is 2.67. The molecule has 0 spiro atoms. The Morgan fingerprint density at radius 3 is 2.38 bits per heavy atom. The van der Waals surface area contributed by atoms with Crippen molar-refractivity contribution in [3.8, 4) is 11.3 Å². The lowest BCUT2D eigenvalue weighted by Gasteiger charge is -2.00. The maximum Gasteiger partial charge on any atom is 0.140 e. The van der Waals surface area contributed by atoms with E-state index in [0.29, 0.717) is 18.7 Å². The predicted molar refractivity (Wildman–Crippen MR) is 56.8 cm³/mol. The van der Waals surface area contributed by atoms with Gasteiger partial charge < -0.3 is 10.2 Å². The minimum absolute atomic E-state index is 0.134. The van der Waals surface area contributed by atoms with E-state index in [1.807, 2.05) is 0 Å². The maximum absolute atomic E-state index is 13.4. The molecule has 0 unspecified atom stereocenters. The maximum atomic E-state index is 13.4. The molecule has 0 aliphatic heterocycles. The van der Waals surface area contributed by atoms with E-state index in [9.17, 15) is 8.78 Å². The SMILES string of the molecule is NCCc1ccc(-c2c(F)cccc2F)o1. The van der Waals surface area contributed by atoms with Gasteiger partial charge in [-0.05, 0) is 30.8 Å². The number of hydrogen-bond acceptors (Lipinski definition) is 2. The van der Waals surface area contributed by atoms with Crippen molar-refractivity contribution in [2.24, 2.45) is 5.73 Å². The lowest BCUT2D eigenvalue weighted by atomic mass is 10.1. The fourth-order valence-electron chi connectivity index (χ4n) is 1.52. The summed E-state index contributed by atoms with van der Waals surface area (Å²) in [7, 11) is 0. The molecule has 0 amide bonds. The summed E-state index contributed by atoms with van der Waals surface area (Å²) in [5.74, 6) is -0.443. The molecule has 84 valence electrons. The van der Waals surface area contributed by atoms with Gasteiger partial charge in [-0.1, -0.05) is 6.07 Å². The average molecular weight is 223 g/mol. The van der Waals surface area contributed by atoms with Crippen LogP contribution in [0.5, 0.6) is 0 Å². The minimum Gasteiger partial charge on any atom is -0.461 e. The van der Waals surface area contributed by atoms with Crippen LogP contribution in [0.1, 0.15) is 5.76 Å². The van der Waals surface area contributed by atoms with Crippen LogP contribution in [0.3, 0.4) is 0 Å². The Morgan fingerprint density at radius 1 is 1.06 bits per heavy atom. The second-order valence-corrected chi connectivity index (χ2v) is 3.40. The molecule has 0 aliphatic carbocycles. The highest BCUT2D eigenvalue weighted by molar-refractivity contribution is 5.59. The lowest BCUT2D eigenvalue weighted by Crippen LogP contribution is -2.01. The Morgan fingerprint density at radius 2 is 1.75 bits per heavy atom. The van der Waals surface area contributed by atoms with Crippen molar-refractivity contribution < 1.29 is 13.2 Å². The summed E-state index contributed by atoms with van der Waals surface area (Å²) < 4.78 is 32.1. The number of rotatable bonds is 3. The predicted octanol–water partition coefficient (Wildman–Crippen LogP) is 2.73. The van der Waals surface area contributed by atoms with Crippen molar-refractivity contribution in [2.45, 2.75) is 6.42 Å². The van der Waals surface area contributed by atoms with Crippen molar-refractivity contribution in [1.82, 2.24) is 0 Å². The molecule has 0 saturated heterocycles. The first kappa shape index (κ1) is 10.8. The van der Waals surface area contributed by atoms with Crippen LogP contribution >= 0.6 is 0 Å². The highest BCUT2D eigenvalue weighted by Crippen LogP contribution is 2.27. The van der Waals surface area contributed by atoms with E-state index in [0.717, 1.165) is 0 Å². The molecular formula is C12H11F2NO. The van der Waals surface area contributed by atoms with E-state index < -0.39 is 11.6 Å². The summed E-state index contributed by atoms with van der Waals surface area (Å²) in [5.41, 5.74) is 5.23. The Hall–Kier alpha value is -1.68. The molecule has 16 heavy (non-hydrogen) atoms. The van der Waals surface area contributed by atoms with Crippen molar-refractivity contribution >= 4 is 0 Å². The minimum atomic E-state index is -0.631. The summed E-state index contributed by atoms with van der Waals surface area (Å²) in [6.45, 7) is 0.437. The molecule has 0 fully saturated rings. The molecule has 0 bridgehead atoms. The Bertz CT molecular complexity index is 473. The van der Waals surface area contributed by atoms with Gasteiger partial charge in [0.1, 0.15) is 23.2 Å². The zero-order valence-corrected chi connectivity index (χ0v) is 8.54. The number of benzene rings is 1. The Kier molecular flexibility index (Phi) is 3.01. The van der Waals surface area contributed by atoms with Gasteiger partial charge in [0.15, 0.2) is 0 Å². The number of nitrogens with two attached hydrogens (primary N) is 1. The van der Waals surface area contributed by atoms with Gasteiger partial charge in [-0.15, -0.1) is 0 Å². The topological polar surface area (TPSA) is 39.2 Å². The smallest absolute Gasteiger partial charge is 0.140 e. The third kappa shape index (κ3) is 1.97. The van der Waals surface area contributed by atoms with Crippen LogP contribution in [-0.4, -0.2) is 6.54 Å². The van der Waals surface area contributed by atoms with Crippen LogP contribution < -0.4 is 5.73 Å². The van der Waals surface area contributed by atoms with Gasteiger partial charge in [-0.2, -0.15) is 0 Å². The highest BCUT2D eigenvalue weighted by atomic mass is 19.1. The van der Waals surface area contributed by atoms with Gasteiger partial charge in [0.2, 0.25) is 0 Å². The number of halogens is 2. The van der Waals surface area contributed by atoms with Gasteiger partial charge in [-0.3, -0.25) is 0 Å². The first-order chi connectivity index (χ1) is 7.72. The molecule has 2 N–H and O–H groups in total. The summed E-state index contributed by atoms with van der Waals surface area (Å²) >= 11 is 0. The molecule has 0 aliphatic rings. The van der Waals surface area contributed by atoms with Crippen LogP contribution in [0.15, 0.2) is 34.7 Å². The van der Waals surface area contributed by atoms with Crippen LogP contribution in [0, 0.1) is 11.6 Å². The standard InChI is InChI=1S/C12H11F2NO/c13-9-2-1-3-10(14)12(9)11-5-4-8(16-11)6-7-15/h1-5H,6-7,15H2. The first-order valence-corrected chi connectivity index (χ1v) is 4.95. The van der Waals surface area contributed by atoms with Gasteiger partial charge in [-0.25, -0.2) is 8.78 Å². The zero-order chi connectivity index (χ0) is 11.5. The molecule has 1 aromatic carbocycles. The highest BCUT2D eigenvalue weighted by Gasteiger charge is 2.14. The summed E-state index contributed by atoms with van der Waals surface area (Å²) in [6, 6.07) is 6.94.